The van der Waals surface area contributed by atoms with Gasteiger partial charge in [0.05, 0.1) is 0 Å². The van der Waals surface area contributed by atoms with Gasteiger partial charge in [-0.25, -0.2) is 4.79 Å². The molecule has 0 aromatic heterocycles. The van der Waals surface area contributed by atoms with Crippen LogP contribution in [-0.4, -0.2) is 30.8 Å². The summed E-state index contributed by atoms with van der Waals surface area (Å²) in [4.78, 5) is 11.5. The summed E-state index contributed by atoms with van der Waals surface area (Å²) in [6, 6.07) is 0.262. The van der Waals surface area contributed by atoms with Crippen LogP contribution in [0.3, 0.4) is 0 Å². The van der Waals surface area contributed by atoms with Crippen molar-refractivity contribution in [2.24, 2.45) is 5.92 Å². The molecule has 0 heterocycles. The van der Waals surface area contributed by atoms with Crippen molar-refractivity contribution in [3.05, 3.63) is 12.2 Å². The molecule has 4 heteroatoms. The number of alkyl carbamates (subject to hydrolysis) is 1. The van der Waals surface area contributed by atoms with E-state index in [4.69, 9.17) is 4.74 Å². The second-order valence-electron chi connectivity index (χ2n) is 6.34. The lowest BCUT2D eigenvalue weighted by molar-refractivity contribution is 0.0523. The van der Waals surface area contributed by atoms with Gasteiger partial charge in [0.25, 0.3) is 0 Å². The first-order chi connectivity index (χ1) is 8.87. The lowest BCUT2D eigenvalue weighted by Gasteiger charge is -2.23. The summed E-state index contributed by atoms with van der Waals surface area (Å²) in [7, 11) is 0. The molecule has 0 aliphatic heterocycles. The average molecular weight is 268 g/mol. The number of rotatable bonds is 5. The number of nitrogens with one attached hydrogen (secondary N) is 2. The second kappa shape index (κ2) is 7.53. The smallest absolute Gasteiger partial charge is 0.407 e. The van der Waals surface area contributed by atoms with Gasteiger partial charge < -0.3 is 15.4 Å². The quantitative estimate of drug-likeness (QED) is 0.754. The summed E-state index contributed by atoms with van der Waals surface area (Å²) < 4.78 is 5.20. The number of amides is 1. The topological polar surface area (TPSA) is 50.4 Å². The first kappa shape index (κ1) is 16.0. The Labute approximate surface area is 117 Å². The molecule has 0 fully saturated rings. The number of carbonyl (C=O) groups excluding carboxylic acids is 1. The van der Waals surface area contributed by atoms with E-state index in [1.54, 1.807) is 0 Å². The molecule has 0 spiro atoms. The Morgan fingerprint density at radius 3 is 2.74 bits per heavy atom. The Balaban J connectivity index is 2.12. The van der Waals surface area contributed by atoms with Gasteiger partial charge in [0.2, 0.25) is 0 Å². The zero-order chi connectivity index (χ0) is 14.3. The molecule has 2 unspecified atom stereocenters. The maximum atomic E-state index is 11.5. The number of allylic oxidation sites excluding steroid dienone is 2. The summed E-state index contributed by atoms with van der Waals surface area (Å²) in [5, 5.41) is 6.26. The lowest BCUT2D eigenvalue weighted by atomic mass is 9.94. The van der Waals surface area contributed by atoms with Crippen molar-refractivity contribution in [2.75, 3.05) is 13.1 Å². The molecular formula is C15H28N2O2. The van der Waals surface area contributed by atoms with Gasteiger partial charge in [0.15, 0.2) is 0 Å². The van der Waals surface area contributed by atoms with Crippen molar-refractivity contribution in [1.29, 1.82) is 0 Å². The molecule has 4 nitrogen and oxygen atoms in total. The van der Waals surface area contributed by atoms with Crippen LogP contribution in [0.5, 0.6) is 0 Å². The van der Waals surface area contributed by atoms with Crippen molar-refractivity contribution >= 4 is 6.09 Å². The minimum Gasteiger partial charge on any atom is -0.444 e. The zero-order valence-corrected chi connectivity index (χ0v) is 12.7. The zero-order valence-electron chi connectivity index (χ0n) is 12.7. The monoisotopic (exact) mass is 268 g/mol. The van der Waals surface area contributed by atoms with Gasteiger partial charge in [-0.1, -0.05) is 12.2 Å². The predicted octanol–water partition coefficient (Wildman–Crippen LogP) is 2.85. The third kappa shape index (κ3) is 7.88. The van der Waals surface area contributed by atoms with Crippen molar-refractivity contribution in [2.45, 2.75) is 58.6 Å². The van der Waals surface area contributed by atoms with Crippen LogP contribution in [0.1, 0.15) is 47.0 Å². The minimum atomic E-state index is -0.435. The number of hydrogen-bond donors (Lipinski definition) is 2. The molecule has 110 valence electrons. The van der Waals surface area contributed by atoms with E-state index >= 15 is 0 Å². The van der Waals surface area contributed by atoms with Gasteiger partial charge in [0.1, 0.15) is 5.60 Å². The highest BCUT2D eigenvalue weighted by atomic mass is 16.6. The number of ether oxygens (including phenoxy) is 1. The van der Waals surface area contributed by atoms with Gasteiger partial charge >= 0.3 is 6.09 Å². The molecule has 19 heavy (non-hydrogen) atoms. The Hall–Kier alpha value is -1.03. The van der Waals surface area contributed by atoms with Gasteiger partial charge in [-0.2, -0.15) is 0 Å². The SMILES string of the molecule is CC(CNC(=O)OC(C)(C)C)NCC1CC=CCC1. The predicted molar refractivity (Wildman–Crippen MR) is 78.2 cm³/mol. The van der Waals surface area contributed by atoms with E-state index in [0.29, 0.717) is 6.54 Å². The van der Waals surface area contributed by atoms with E-state index in [-0.39, 0.29) is 12.1 Å². The summed E-state index contributed by atoms with van der Waals surface area (Å²) in [5.74, 6) is 0.731. The van der Waals surface area contributed by atoms with Crippen LogP contribution in [0.15, 0.2) is 12.2 Å². The van der Waals surface area contributed by atoms with Crippen LogP contribution in [0.25, 0.3) is 0 Å². The molecule has 0 aromatic carbocycles. The normalized spacial score (nSPS) is 20.9. The molecule has 0 radical (unpaired) electrons. The molecule has 0 saturated heterocycles. The molecular weight excluding hydrogens is 240 g/mol. The molecule has 2 N–H and O–H groups in total. The van der Waals surface area contributed by atoms with E-state index in [9.17, 15) is 4.79 Å². The largest absolute Gasteiger partial charge is 0.444 e. The highest BCUT2D eigenvalue weighted by molar-refractivity contribution is 5.67. The Kier molecular flexibility index (Phi) is 6.35. The summed E-state index contributed by atoms with van der Waals surface area (Å²) in [5.41, 5.74) is -0.435. The van der Waals surface area contributed by atoms with Crippen LogP contribution in [-0.2, 0) is 4.74 Å². The molecule has 1 rings (SSSR count). The number of hydrogen-bond acceptors (Lipinski definition) is 3. The van der Waals surface area contributed by atoms with Crippen LogP contribution in [0, 0.1) is 5.92 Å². The molecule has 2 atom stereocenters. The van der Waals surface area contributed by atoms with E-state index in [2.05, 4.69) is 29.7 Å². The Morgan fingerprint density at radius 2 is 2.16 bits per heavy atom. The first-order valence-electron chi connectivity index (χ1n) is 7.22. The fraction of sp³-hybridized carbons (Fsp3) is 0.800. The van der Waals surface area contributed by atoms with Crippen molar-refractivity contribution < 1.29 is 9.53 Å². The van der Waals surface area contributed by atoms with Crippen LogP contribution < -0.4 is 10.6 Å². The van der Waals surface area contributed by atoms with Crippen molar-refractivity contribution in [3.63, 3.8) is 0 Å². The fourth-order valence-electron chi connectivity index (χ4n) is 2.03. The van der Waals surface area contributed by atoms with Crippen LogP contribution >= 0.6 is 0 Å². The highest BCUT2D eigenvalue weighted by Crippen LogP contribution is 2.16. The molecule has 1 aliphatic rings. The molecule has 0 aromatic rings. The van der Waals surface area contributed by atoms with Gasteiger partial charge in [-0.05, 0) is 59.4 Å². The number of carbonyl (C=O) groups is 1. The summed E-state index contributed by atoms with van der Waals surface area (Å²) in [6.07, 6.45) is 7.79. The second-order valence-corrected chi connectivity index (χ2v) is 6.34. The summed E-state index contributed by atoms with van der Waals surface area (Å²) >= 11 is 0. The highest BCUT2D eigenvalue weighted by Gasteiger charge is 2.16. The molecule has 1 aliphatic carbocycles. The third-order valence-electron chi connectivity index (χ3n) is 3.08. The lowest BCUT2D eigenvalue weighted by Crippen LogP contribution is -2.42. The fourth-order valence-corrected chi connectivity index (χ4v) is 2.03. The van der Waals surface area contributed by atoms with Crippen molar-refractivity contribution in [3.8, 4) is 0 Å². The maximum Gasteiger partial charge on any atom is 0.407 e. The molecule has 1 amide bonds. The van der Waals surface area contributed by atoms with Gasteiger partial charge in [-0.3, -0.25) is 0 Å². The average Bonchev–Trinajstić information content (AvgIpc) is 2.33. The van der Waals surface area contributed by atoms with E-state index in [1.165, 1.54) is 19.3 Å². The van der Waals surface area contributed by atoms with Gasteiger partial charge in [-0.15, -0.1) is 0 Å². The van der Waals surface area contributed by atoms with Gasteiger partial charge in [0, 0.05) is 12.6 Å². The maximum absolute atomic E-state index is 11.5. The van der Waals surface area contributed by atoms with Crippen LogP contribution in [0.4, 0.5) is 4.79 Å². The molecule has 0 bridgehead atoms. The minimum absolute atomic E-state index is 0.262. The van der Waals surface area contributed by atoms with Crippen molar-refractivity contribution in [1.82, 2.24) is 10.6 Å². The van der Waals surface area contributed by atoms with E-state index in [1.807, 2.05) is 20.8 Å². The third-order valence-corrected chi connectivity index (χ3v) is 3.08. The van der Waals surface area contributed by atoms with E-state index in [0.717, 1.165) is 12.5 Å². The molecule has 0 saturated carbocycles. The standard InChI is InChI=1S/C15H28N2O2/c1-12(10-17-14(18)19-15(2,3)4)16-11-13-8-6-5-7-9-13/h5-6,12-13,16H,7-11H2,1-4H3,(H,17,18). The summed E-state index contributed by atoms with van der Waals surface area (Å²) in [6.45, 7) is 9.29. The van der Waals surface area contributed by atoms with E-state index < -0.39 is 5.60 Å². The van der Waals surface area contributed by atoms with Crippen LogP contribution in [0.2, 0.25) is 0 Å². The first-order valence-corrected chi connectivity index (χ1v) is 7.22. The Morgan fingerprint density at radius 1 is 1.42 bits per heavy atom. The Bertz CT molecular complexity index is 308.